The molecule has 3 N–H and O–H groups in total. The van der Waals surface area contributed by atoms with Gasteiger partial charge >= 0.3 is 0 Å². The van der Waals surface area contributed by atoms with Crippen molar-refractivity contribution < 1.29 is 9.53 Å². The lowest BCUT2D eigenvalue weighted by molar-refractivity contribution is 0.0936. The first-order chi connectivity index (χ1) is 8.62. The summed E-state index contributed by atoms with van der Waals surface area (Å²) in [7, 11) is 1.59. The highest BCUT2D eigenvalue weighted by atomic mass is 79.9. The summed E-state index contributed by atoms with van der Waals surface area (Å²) in [6.07, 6.45) is 1.88. The Bertz CT molecular complexity index is 410. The summed E-state index contributed by atoms with van der Waals surface area (Å²) < 4.78 is 5.88. The van der Waals surface area contributed by atoms with Crippen molar-refractivity contribution in [2.24, 2.45) is 5.73 Å². The molecule has 1 atom stereocenters. The zero-order valence-corrected chi connectivity index (χ0v) is 12.3. The van der Waals surface area contributed by atoms with Gasteiger partial charge in [-0.05, 0) is 40.5 Å². The molecule has 0 saturated heterocycles. The lowest BCUT2D eigenvalue weighted by Crippen LogP contribution is -2.40. The molecule has 1 amide bonds. The number of methoxy groups -OCH3 is 1. The average molecular weight is 315 g/mol. The fourth-order valence-corrected chi connectivity index (χ4v) is 2.21. The van der Waals surface area contributed by atoms with Crippen LogP contribution >= 0.6 is 15.9 Å². The van der Waals surface area contributed by atoms with Gasteiger partial charge < -0.3 is 15.8 Å². The number of hydrogen-bond donors (Lipinski definition) is 2. The van der Waals surface area contributed by atoms with Crippen molar-refractivity contribution >= 4 is 21.8 Å². The van der Waals surface area contributed by atoms with Gasteiger partial charge in [0, 0.05) is 18.2 Å². The molecule has 1 aromatic rings. The lowest BCUT2D eigenvalue weighted by atomic mass is 10.1. The molecule has 0 saturated carbocycles. The van der Waals surface area contributed by atoms with Crippen molar-refractivity contribution in [1.29, 1.82) is 0 Å². The fourth-order valence-electron chi connectivity index (χ4n) is 1.67. The Morgan fingerprint density at radius 2 is 2.28 bits per heavy atom. The summed E-state index contributed by atoms with van der Waals surface area (Å²) in [6, 6.07) is 5.27. The van der Waals surface area contributed by atoms with E-state index in [1.54, 1.807) is 25.3 Å². The zero-order valence-electron chi connectivity index (χ0n) is 10.7. The monoisotopic (exact) mass is 314 g/mol. The van der Waals surface area contributed by atoms with Crippen LogP contribution in [0, 0.1) is 0 Å². The highest BCUT2D eigenvalue weighted by Gasteiger charge is 2.13. The lowest BCUT2D eigenvalue weighted by Gasteiger charge is -2.16. The molecule has 0 aliphatic carbocycles. The molecule has 0 heterocycles. The van der Waals surface area contributed by atoms with Crippen LogP contribution < -0.4 is 15.8 Å². The molecule has 1 rings (SSSR count). The van der Waals surface area contributed by atoms with E-state index in [0.29, 0.717) is 17.9 Å². The minimum atomic E-state index is -0.109. The van der Waals surface area contributed by atoms with Crippen molar-refractivity contribution in [1.82, 2.24) is 5.32 Å². The summed E-state index contributed by atoms with van der Waals surface area (Å²) in [5.41, 5.74) is 6.21. The summed E-state index contributed by atoms with van der Waals surface area (Å²) in [5.74, 6) is 0.595. The minimum Gasteiger partial charge on any atom is -0.496 e. The molecule has 0 aromatic heterocycles. The molecule has 1 aromatic carbocycles. The van der Waals surface area contributed by atoms with Crippen LogP contribution in [0.25, 0.3) is 0 Å². The second kappa shape index (κ2) is 7.38. The van der Waals surface area contributed by atoms with Gasteiger partial charge in [0.05, 0.1) is 11.6 Å². The number of carbonyl (C=O) groups excluding carboxylic acids is 1. The van der Waals surface area contributed by atoms with Crippen LogP contribution in [0.2, 0.25) is 0 Å². The fraction of sp³-hybridized carbons (Fsp3) is 0.462. The van der Waals surface area contributed by atoms with Gasteiger partial charge in [0.25, 0.3) is 5.91 Å². The van der Waals surface area contributed by atoms with Crippen molar-refractivity contribution in [2.45, 2.75) is 25.8 Å². The molecule has 1 unspecified atom stereocenters. The standard InChI is InChI=1S/C13H19BrN2O2/c1-3-4-10(8-15)16-13(17)9-5-6-12(18-2)11(14)7-9/h5-7,10H,3-4,8,15H2,1-2H3,(H,16,17). The molecule has 18 heavy (non-hydrogen) atoms. The third-order valence-electron chi connectivity index (χ3n) is 2.67. The molecular formula is C13H19BrN2O2. The number of nitrogens with two attached hydrogens (primary N) is 1. The Labute approximate surface area is 116 Å². The van der Waals surface area contributed by atoms with Crippen LogP contribution in [0.15, 0.2) is 22.7 Å². The molecule has 0 bridgehead atoms. The number of halogens is 1. The third kappa shape index (κ3) is 3.99. The summed E-state index contributed by atoms with van der Waals surface area (Å²) >= 11 is 3.36. The van der Waals surface area contributed by atoms with Crippen molar-refractivity contribution in [3.8, 4) is 5.75 Å². The highest BCUT2D eigenvalue weighted by Crippen LogP contribution is 2.25. The van der Waals surface area contributed by atoms with E-state index < -0.39 is 0 Å². The zero-order chi connectivity index (χ0) is 13.5. The van der Waals surface area contributed by atoms with E-state index in [1.165, 1.54) is 0 Å². The third-order valence-corrected chi connectivity index (χ3v) is 3.29. The topological polar surface area (TPSA) is 64.3 Å². The average Bonchev–Trinajstić information content (AvgIpc) is 2.37. The van der Waals surface area contributed by atoms with E-state index in [4.69, 9.17) is 10.5 Å². The SMILES string of the molecule is CCCC(CN)NC(=O)c1ccc(OC)c(Br)c1. The molecule has 4 nitrogen and oxygen atoms in total. The van der Waals surface area contributed by atoms with Gasteiger partial charge in [-0.1, -0.05) is 13.3 Å². The number of benzene rings is 1. The Balaban J connectivity index is 2.74. The minimum absolute atomic E-state index is 0.0309. The van der Waals surface area contributed by atoms with Gasteiger partial charge in [0.1, 0.15) is 5.75 Å². The second-order valence-corrected chi connectivity index (χ2v) is 4.90. The van der Waals surface area contributed by atoms with Gasteiger partial charge in [-0.25, -0.2) is 0 Å². The summed E-state index contributed by atoms with van der Waals surface area (Å²) in [4.78, 5) is 12.0. The van der Waals surface area contributed by atoms with Crippen molar-refractivity contribution in [3.05, 3.63) is 28.2 Å². The second-order valence-electron chi connectivity index (χ2n) is 4.04. The summed E-state index contributed by atoms with van der Waals surface area (Å²) in [5, 5.41) is 2.92. The molecule has 0 fully saturated rings. The van der Waals surface area contributed by atoms with Crippen molar-refractivity contribution in [2.75, 3.05) is 13.7 Å². The first kappa shape index (κ1) is 15.0. The first-order valence-corrected chi connectivity index (χ1v) is 6.76. The quantitative estimate of drug-likeness (QED) is 0.847. The van der Waals surface area contributed by atoms with Gasteiger partial charge in [0.2, 0.25) is 0 Å². The molecule has 0 aliphatic rings. The number of nitrogens with one attached hydrogen (secondary N) is 1. The number of amides is 1. The van der Waals surface area contributed by atoms with E-state index >= 15 is 0 Å². The number of hydrogen-bond acceptors (Lipinski definition) is 3. The first-order valence-electron chi connectivity index (χ1n) is 5.96. The molecule has 0 aliphatic heterocycles. The van der Waals surface area contributed by atoms with Crippen LogP contribution in [-0.2, 0) is 0 Å². The van der Waals surface area contributed by atoms with Crippen LogP contribution in [0.4, 0.5) is 0 Å². The molecule has 5 heteroatoms. The number of carbonyl (C=O) groups is 1. The molecule has 0 spiro atoms. The Kier molecular flexibility index (Phi) is 6.15. The van der Waals surface area contributed by atoms with Crippen LogP contribution in [0.1, 0.15) is 30.1 Å². The Hall–Kier alpha value is -1.07. The van der Waals surface area contributed by atoms with Crippen LogP contribution in [0.3, 0.4) is 0 Å². The van der Waals surface area contributed by atoms with E-state index in [2.05, 4.69) is 28.2 Å². The van der Waals surface area contributed by atoms with Gasteiger partial charge in [0.15, 0.2) is 0 Å². The van der Waals surface area contributed by atoms with E-state index in [0.717, 1.165) is 17.3 Å². The maximum absolute atomic E-state index is 12.0. The summed E-state index contributed by atoms with van der Waals surface area (Å²) in [6.45, 7) is 2.52. The van der Waals surface area contributed by atoms with E-state index in [-0.39, 0.29) is 11.9 Å². The Morgan fingerprint density at radius 1 is 1.56 bits per heavy atom. The van der Waals surface area contributed by atoms with E-state index in [1.807, 2.05) is 0 Å². The molecular weight excluding hydrogens is 296 g/mol. The molecule has 100 valence electrons. The van der Waals surface area contributed by atoms with E-state index in [9.17, 15) is 4.79 Å². The number of rotatable bonds is 6. The normalized spacial score (nSPS) is 12.0. The van der Waals surface area contributed by atoms with Gasteiger partial charge in [-0.2, -0.15) is 0 Å². The number of ether oxygens (including phenoxy) is 1. The maximum Gasteiger partial charge on any atom is 0.251 e. The van der Waals surface area contributed by atoms with Crippen LogP contribution in [-0.4, -0.2) is 25.6 Å². The van der Waals surface area contributed by atoms with Gasteiger partial charge in [-0.15, -0.1) is 0 Å². The predicted molar refractivity (Wildman–Crippen MR) is 75.9 cm³/mol. The predicted octanol–water partition coefficient (Wildman–Crippen LogP) is 2.31. The van der Waals surface area contributed by atoms with Crippen molar-refractivity contribution in [3.63, 3.8) is 0 Å². The van der Waals surface area contributed by atoms with Gasteiger partial charge in [-0.3, -0.25) is 4.79 Å². The largest absolute Gasteiger partial charge is 0.496 e. The Morgan fingerprint density at radius 3 is 2.78 bits per heavy atom. The maximum atomic E-state index is 12.0. The van der Waals surface area contributed by atoms with Crippen LogP contribution in [0.5, 0.6) is 5.75 Å². The smallest absolute Gasteiger partial charge is 0.251 e. The highest BCUT2D eigenvalue weighted by molar-refractivity contribution is 9.10. The molecule has 0 radical (unpaired) electrons.